The average molecular weight is 326 g/mol. The standard InChI is InChI=1S/C16H10N2O2S2/c19-14-10-11(6-8-20-14)22-16-15(12-4-3-9-21-12)17-13-5-1-2-7-18(13)16/h1-10H. The van der Waals surface area contributed by atoms with E-state index in [-0.39, 0.29) is 5.63 Å². The Morgan fingerprint density at radius 1 is 1.18 bits per heavy atom. The first-order valence-electron chi connectivity index (χ1n) is 6.59. The smallest absolute Gasteiger partial charge is 0.336 e. The maximum atomic E-state index is 11.4. The molecule has 0 unspecified atom stereocenters. The van der Waals surface area contributed by atoms with Crippen LogP contribution >= 0.6 is 23.1 Å². The Balaban J connectivity index is 1.91. The van der Waals surface area contributed by atoms with Gasteiger partial charge in [0.2, 0.25) is 0 Å². The lowest BCUT2D eigenvalue weighted by molar-refractivity contribution is 0.506. The molecule has 108 valence electrons. The van der Waals surface area contributed by atoms with E-state index in [1.807, 2.05) is 40.2 Å². The van der Waals surface area contributed by atoms with Crippen LogP contribution in [0.1, 0.15) is 0 Å². The molecule has 0 atom stereocenters. The Morgan fingerprint density at radius 3 is 2.95 bits per heavy atom. The Kier molecular flexibility index (Phi) is 3.32. The number of nitrogens with zero attached hydrogens (tertiary/aromatic N) is 2. The monoisotopic (exact) mass is 326 g/mol. The fourth-order valence-corrected chi connectivity index (χ4v) is 3.97. The third-order valence-electron chi connectivity index (χ3n) is 3.13. The summed E-state index contributed by atoms with van der Waals surface area (Å²) < 4.78 is 6.82. The largest absolute Gasteiger partial charge is 0.431 e. The topological polar surface area (TPSA) is 47.5 Å². The van der Waals surface area contributed by atoms with Crippen molar-refractivity contribution in [3.05, 3.63) is 70.7 Å². The first kappa shape index (κ1) is 13.4. The fourth-order valence-electron chi connectivity index (χ4n) is 2.19. The lowest BCUT2D eigenvalue weighted by Crippen LogP contribution is -1.95. The van der Waals surface area contributed by atoms with Gasteiger partial charge in [0.1, 0.15) is 16.4 Å². The van der Waals surface area contributed by atoms with Crippen LogP contribution in [-0.4, -0.2) is 9.38 Å². The molecule has 0 aliphatic rings. The zero-order chi connectivity index (χ0) is 14.9. The van der Waals surface area contributed by atoms with Crippen molar-refractivity contribution in [3.8, 4) is 10.6 Å². The second-order valence-corrected chi connectivity index (χ2v) is 6.57. The van der Waals surface area contributed by atoms with Crippen molar-refractivity contribution in [1.29, 1.82) is 0 Å². The van der Waals surface area contributed by atoms with Gasteiger partial charge in [0.25, 0.3) is 0 Å². The van der Waals surface area contributed by atoms with E-state index >= 15 is 0 Å². The van der Waals surface area contributed by atoms with Crippen molar-refractivity contribution in [2.45, 2.75) is 9.92 Å². The van der Waals surface area contributed by atoms with Crippen molar-refractivity contribution >= 4 is 28.7 Å². The quantitative estimate of drug-likeness (QED) is 0.567. The van der Waals surface area contributed by atoms with Crippen molar-refractivity contribution in [1.82, 2.24) is 9.38 Å². The van der Waals surface area contributed by atoms with E-state index in [4.69, 9.17) is 9.40 Å². The molecular formula is C16H10N2O2S2. The molecule has 4 aromatic rings. The van der Waals surface area contributed by atoms with Gasteiger partial charge in [0.05, 0.1) is 11.1 Å². The molecule has 0 aliphatic heterocycles. The number of aromatic nitrogens is 2. The van der Waals surface area contributed by atoms with Crippen LogP contribution in [0.25, 0.3) is 16.2 Å². The summed E-state index contributed by atoms with van der Waals surface area (Å²) in [4.78, 5) is 18.1. The fraction of sp³-hybridized carbons (Fsp3) is 0. The van der Waals surface area contributed by atoms with Gasteiger partial charge in [-0.2, -0.15) is 0 Å². The third-order valence-corrected chi connectivity index (χ3v) is 5.08. The van der Waals surface area contributed by atoms with Crippen molar-refractivity contribution in [2.75, 3.05) is 0 Å². The van der Waals surface area contributed by atoms with Gasteiger partial charge in [-0.3, -0.25) is 4.40 Å². The van der Waals surface area contributed by atoms with E-state index in [9.17, 15) is 4.79 Å². The predicted octanol–water partition coefficient (Wildman–Crippen LogP) is 4.17. The molecular weight excluding hydrogens is 316 g/mol. The zero-order valence-electron chi connectivity index (χ0n) is 11.3. The summed E-state index contributed by atoms with van der Waals surface area (Å²) in [6, 6.07) is 13.2. The maximum Gasteiger partial charge on any atom is 0.336 e. The van der Waals surface area contributed by atoms with E-state index in [0.29, 0.717) is 0 Å². The molecule has 0 radical (unpaired) electrons. The molecule has 22 heavy (non-hydrogen) atoms. The summed E-state index contributed by atoms with van der Waals surface area (Å²) in [6.45, 7) is 0. The Labute approximate surface area is 134 Å². The number of fused-ring (bicyclic) bond motifs is 1. The number of thiophene rings is 1. The van der Waals surface area contributed by atoms with Gasteiger partial charge < -0.3 is 4.42 Å². The van der Waals surface area contributed by atoms with E-state index in [2.05, 4.69) is 6.07 Å². The third kappa shape index (κ3) is 2.36. The summed E-state index contributed by atoms with van der Waals surface area (Å²) in [5.41, 5.74) is 1.47. The lowest BCUT2D eigenvalue weighted by Gasteiger charge is -2.03. The van der Waals surface area contributed by atoms with Gasteiger partial charge in [-0.25, -0.2) is 9.78 Å². The Morgan fingerprint density at radius 2 is 2.14 bits per heavy atom. The zero-order valence-corrected chi connectivity index (χ0v) is 12.9. The van der Waals surface area contributed by atoms with Crippen LogP contribution in [0.2, 0.25) is 0 Å². The molecule has 6 heteroatoms. The highest BCUT2D eigenvalue weighted by molar-refractivity contribution is 7.99. The summed E-state index contributed by atoms with van der Waals surface area (Å²) in [5, 5.41) is 3.02. The number of hydrogen-bond acceptors (Lipinski definition) is 5. The molecule has 0 saturated heterocycles. The second kappa shape index (κ2) is 5.47. The molecule has 0 aromatic carbocycles. The van der Waals surface area contributed by atoms with Crippen LogP contribution in [0.4, 0.5) is 0 Å². The highest BCUT2D eigenvalue weighted by Gasteiger charge is 2.16. The molecule has 0 aliphatic carbocycles. The molecule has 0 bridgehead atoms. The van der Waals surface area contributed by atoms with Gasteiger partial charge in [-0.15, -0.1) is 11.3 Å². The van der Waals surface area contributed by atoms with Crippen molar-refractivity contribution < 1.29 is 4.42 Å². The van der Waals surface area contributed by atoms with Crippen LogP contribution in [0.5, 0.6) is 0 Å². The summed E-state index contributed by atoms with van der Waals surface area (Å²) in [5.74, 6) is 0. The number of pyridine rings is 1. The number of imidazole rings is 1. The first-order valence-corrected chi connectivity index (χ1v) is 8.28. The van der Waals surface area contributed by atoms with Crippen LogP contribution in [0, 0.1) is 0 Å². The Hall–Kier alpha value is -2.31. The average Bonchev–Trinajstić information content (AvgIpc) is 3.15. The highest BCUT2D eigenvalue weighted by atomic mass is 32.2. The van der Waals surface area contributed by atoms with Gasteiger partial charge in [0, 0.05) is 17.2 Å². The Bertz CT molecular complexity index is 987. The van der Waals surface area contributed by atoms with Crippen molar-refractivity contribution in [2.24, 2.45) is 0 Å². The molecule has 0 amide bonds. The van der Waals surface area contributed by atoms with Gasteiger partial charge in [0.15, 0.2) is 0 Å². The van der Waals surface area contributed by atoms with Crippen LogP contribution in [0.15, 0.2) is 79.4 Å². The van der Waals surface area contributed by atoms with E-state index in [0.717, 1.165) is 26.1 Å². The molecule has 0 saturated carbocycles. The maximum absolute atomic E-state index is 11.4. The SMILES string of the molecule is O=c1cc(Sc2c(-c3cccs3)nc3ccccn23)cco1. The molecule has 0 fully saturated rings. The molecule has 4 rings (SSSR count). The van der Waals surface area contributed by atoms with Gasteiger partial charge in [-0.05, 0) is 29.6 Å². The summed E-state index contributed by atoms with van der Waals surface area (Å²) >= 11 is 3.16. The number of rotatable bonds is 3. The molecule has 0 spiro atoms. The normalized spacial score (nSPS) is 11.1. The second-order valence-electron chi connectivity index (χ2n) is 4.56. The molecule has 4 nitrogen and oxygen atoms in total. The van der Waals surface area contributed by atoms with E-state index in [1.54, 1.807) is 17.4 Å². The van der Waals surface area contributed by atoms with E-state index in [1.165, 1.54) is 24.1 Å². The molecule has 0 N–H and O–H groups in total. The molecule has 4 heterocycles. The minimum absolute atomic E-state index is 0.350. The minimum atomic E-state index is -0.350. The van der Waals surface area contributed by atoms with Gasteiger partial charge >= 0.3 is 5.63 Å². The van der Waals surface area contributed by atoms with Crippen LogP contribution in [-0.2, 0) is 0 Å². The minimum Gasteiger partial charge on any atom is -0.431 e. The predicted molar refractivity (Wildman–Crippen MR) is 87.6 cm³/mol. The lowest BCUT2D eigenvalue weighted by atomic mass is 10.4. The van der Waals surface area contributed by atoms with Crippen LogP contribution in [0.3, 0.4) is 0 Å². The van der Waals surface area contributed by atoms with Gasteiger partial charge in [-0.1, -0.05) is 23.9 Å². The first-order chi connectivity index (χ1) is 10.8. The number of hydrogen-bond donors (Lipinski definition) is 0. The van der Waals surface area contributed by atoms with Crippen LogP contribution < -0.4 is 5.63 Å². The highest BCUT2D eigenvalue weighted by Crippen LogP contribution is 2.37. The van der Waals surface area contributed by atoms with Crippen molar-refractivity contribution in [3.63, 3.8) is 0 Å². The van der Waals surface area contributed by atoms with E-state index < -0.39 is 0 Å². The molecule has 4 aromatic heterocycles. The summed E-state index contributed by atoms with van der Waals surface area (Å²) in [7, 11) is 0. The summed E-state index contributed by atoms with van der Waals surface area (Å²) in [6.07, 6.45) is 3.39.